The first-order valence-electron chi connectivity index (χ1n) is 5.58. The van der Waals surface area contributed by atoms with Crippen LogP contribution >= 0.6 is 23.2 Å². The first-order chi connectivity index (χ1) is 8.72. The summed E-state index contributed by atoms with van der Waals surface area (Å²) < 4.78 is 0. The molecule has 0 saturated heterocycles. The van der Waals surface area contributed by atoms with Gasteiger partial charge in [0.25, 0.3) is 0 Å². The van der Waals surface area contributed by atoms with Crippen LogP contribution in [0.4, 0.5) is 5.82 Å². The van der Waals surface area contributed by atoms with Gasteiger partial charge in [-0.2, -0.15) is 0 Å². The van der Waals surface area contributed by atoms with E-state index in [4.69, 9.17) is 23.2 Å². The Balaban J connectivity index is 2.42. The van der Waals surface area contributed by atoms with E-state index in [0.29, 0.717) is 27.3 Å². The van der Waals surface area contributed by atoms with Gasteiger partial charge in [0.05, 0.1) is 16.2 Å². The van der Waals surface area contributed by atoms with Crippen LogP contribution in [0.1, 0.15) is 13.3 Å². The topological polar surface area (TPSA) is 50.7 Å². The molecule has 4 nitrogen and oxygen atoms in total. The highest BCUT2D eigenvalue weighted by molar-refractivity contribution is 6.37. The van der Waals surface area contributed by atoms with Gasteiger partial charge < -0.3 is 5.32 Å². The second kappa shape index (κ2) is 5.98. The minimum Gasteiger partial charge on any atom is -0.369 e. The lowest BCUT2D eigenvalue weighted by molar-refractivity contribution is 0.969. The van der Waals surface area contributed by atoms with Crippen molar-refractivity contribution < 1.29 is 0 Å². The lowest BCUT2D eigenvalue weighted by Gasteiger charge is -2.09. The zero-order chi connectivity index (χ0) is 13.0. The van der Waals surface area contributed by atoms with Gasteiger partial charge in [-0.25, -0.2) is 4.98 Å². The fourth-order valence-electron chi connectivity index (χ4n) is 1.43. The first-order valence-corrected chi connectivity index (χ1v) is 6.34. The monoisotopic (exact) mass is 282 g/mol. The number of anilines is 1. The molecule has 0 aromatic carbocycles. The normalized spacial score (nSPS) is 10.4. The quantitative estimate of drug-likeness (QED) is 0.930. The van der Waals surface area contributed by atoms with Crippen molar-refractivity contribution in [2.24, 2.45) is 0 Å². The van der Waals surface area contributed by atoms with Gasteiger partial charge in [0.15, 0.2) is 0 Å². The molecule has 0 amide bonds. The summed E-state index contributed by atoms with van der Waals surface area (Å²) in [4.78, 5) is 12.6. The Labute approximate surface area is 115 Å². The molecule has 0 aliphatic rings. The summed E-state index contributed by atoms with van der Waals surface area (Å²) in [6.07, 6.45) is 5.80. The van der Waals surface area contributed by atoms with Crippen LogP contribution in [0.25, 0.3) is 11.4 Å². The number of rotatable bonds is 4. The van der Waals surface area contributed by atoms with Gasteiger partial charge in [-0.15, -0.1) is 0 Å². The van der Waals surface area contributed by atoms with E-state index in [9.17, 15) is 0 Å². The molecule has 0 fully saturated rings. The van der Waals surface area contributed by atoms with Crippen molar-refractivity contribution >= 4 is 29.0 Å². The number of pyridine rings is 1. The van der Waals surface area contributed by atoms with Crippen molar-refractivity contribution in [2.45, 2.75) is 13.3 Å². The van der Waals surface area contributed by atoms with Crippen LogP contribution in [0.3, 0.4) is 0 Å². The molecule has 18 heavy (non-hydrogen) atoms. The lowest BCUT2D eigenvalue weighted by atomic mass is 10.2. The number of aromatic nitrogens is 3. The zero-order valence-corrected chi connectivity index (χ0v) is 11.3. The maximum atomic E-state index is 6.13. The maximum absolute atomic E-state index is 6.13. The van der Waals surface area contributed by atoms with E-state index in [1.165, 1.54) is 0 Å². The van der Waals surface area contributed by atoms with Gasteiger partial charge in [0.2, 0.25) is 0 Å². The van der Waals surface area contributed by atoms with Crippen molar-refractivity contribution in [3.8, 4) is 11.4 Å². The summed E-state index contributed by atoms with van der Waals surface area (Å²) in [6, 6.07) is 1.66. The minimum absolute atomic E-state index is 0.461. The molecule has 2 heterocycles. The summed E-state index contributed by atoms with van der Waals surface area (Å²) in [5.74, 6) is 0.614. The molecule has 2 aromatic rings. The van der Waals surface area contributed by atoms with Crippen LogP contribution in [0.15, 0.2) is 24.7 Å². The first kappa shape index (κ1) is 13.1. The van der Waals surface area contributed by atoms with E-state index >= 15 is 0 Å². The molecule has 0 spiro atoms. The average Bonchev–Trinajstić information content (AvgIpc) is 2.39. The number of hydrogen-bond donors (Lipinski definition) is 1. The number of nitrogens with one attached hydrogen (secondary N) is 1. The average molecular weight is 283 g/mol. The largest absolute Gasteiger partial charge is 0.369 e. The smallest absolute Gasteiger partial charge is 0.145 e. The Morgan fingerprint density at radius 3 is 2.72 bits per heavy atom. The molecule has 0 aliphatic heterocycles. The van der Waals surface area contributed by atoms with Crippen molar-refractivity contribution in [3.63, 3.8) is 0 Å². The molecule has 0 unspecified atom stereocenters. The second-order valence-electron chi connectivity index (χ2n) is 3.67. The van der Waals surface area contributed by atoms with E-state index in [0.717, 1.165) is 13.0 Å². The van der Waals surface area contributed by atoms with Gasteiger partial charge in [-0.05, 0) is 12.5 Å². The molecule has 2 rings (SSSR count). The number of hydrogen-bond acceptors (Lipinski definition) is 4. The summed E-state index contributed by atoms with van der Waals surface area (Å²) in [6.45, 7) is 2.87. The molecule has 94 valence electrons. The molecule has 0 atom stereocenters. The van der Waals surface area contributed by atoms with E-state index in [1.54, 1.807) is 24.7 Å². The molecule has 2 aromatic heterocycles. The van der Waals surface area contributed by atoms with Crippen molar-refractivity contribution in [2.75, 3.05) is 11.9 Å². The van der Waals surface area contributed by atoms with Gasteiger partial charge in [0, 0.05) is 18.9 Å². The molecular weight excluding hydrogens is 271 g/mol. The van der Waals surface area contributed by atoms with Crippen LogP contribution in [-0.4, -0.2) is 21.5 Å². The highest BCUT2D eigenvalue weighted by atomic mass is 35.5. The Morgan fingerprint density at radius 2 is 2.06 bits per heavy atom. The van der Waals surface area contributed by atoms with E-state index in [1.807, 2.05) is 0 Å². The summed E-state index contributed by atoms with van der Waals surface area (Å²) in [7, 11) is 0. The maximum Gasteiger partial charge on any atom is 0.145 e. The minimum atomic E-state index is 0.461. The van der Waals surface area contributed by atoms with Gasteiger partial charge in [0.1, 0.15) is 17.2 Å². The highest BCUT2D eigenvalue weighted by Gasteiger charge is 2.11. The van der Waals surface area contributed by atoms with Gasteiger partial charge >= 0.3 is 0 Å². The molecule has 1 N–H and O–H groups in total. The standard InChI is InChI=1S/C12H12Cl2N4/c1-2-3-17-12-9(14)6-8(13)11(18-12)10-7-15-4-5-16-10/h4-7H,2-3H2,1H3,(H,17,18). The van der Waals surface area contributed by atoms with Crippen molar-refractivity contribution in [1.29, 1.82) is 0 Å². The van der Waals surface area contributed by atoms with E-state index in [-0.39, 0.29) is 0 Å². The SMILES string of the molecule is CCCNc1nc(-c2cnccn2)c(Cl)cc1Cl. The summed E-state index contributed by atoms with van der Waals surface area (Å²) >= 11 is 12.2. The molecular formula is C12H12Cl2N4. The second-order valence-corrected chi connectivity index (χ2v) is 4.48. The molecule has 0 aliphatic carbocycles. The van der Waals surface area contributed by atoms with E-state index in [2.05, 4.69) is 27.2 Å². The Bertz CT molecular complexity index is 531. The van der Waals surface area contributed by atoms with Crippen molar-refractivity contribution in [3.05, 3.63) is 34.7 Å². The molecule has 0 saturated carbocycles. The third-order valence-corrected chi connectivity index (χ3v) is 2.85. The molecule has 0 radical (unpaired) electrons. The van der Waals surface area contributed by atoms with Crippen LogP contribution in [0.5, 0.6) is 0 Å². The van der Waals surface area contributed by atoms with Crippen LogP contribution < -0.4 is 5.32 Å². The Morgan fingerprint density at radius 1 is 1.22 bits per heavy atom. The van der Waals surface area contributed by atoms with Gasteiger partial charge in [-0.3, -0.25) is 9.97 Å². The Hall–Kier alpha value is -1.39. The van der Waals surface area contributed by atoms with Gasteiger partial charge in [-0.1, -0.05) is 30.1 Å². The van der Waals surface area contributed by atoms with Crippen LogP contribution in [0.2, 0.25) is 10.0 Å². The third-order valence-electron chi connectivity index (χ3n) is 2.28. The van der Waals surface area contributed by atoms with E-state index < -0.39 is 0 Å². The third kappa shape index (κ3) is 2.89. The number of halogens is 2. The predicted octanol–water partition coefficient (Wildman–Crippen LogP) is 3.67. The molecule has 6 heteroatoms. The lowest BCUT2D eigenvalue weighted by Crippen LogP contribution is -2.04. The predicted molar refractivity (Wildman–Crippen MR) is 74.1 cm³/mol. The van der Waals surface area contributed by atoms with Crippen molar-refractivity contribution in [1.82, 2.24) is 15.0 Å². The highest BCUT2D eigenvalue weighted by Crippen LogP contribution is 2.31. The zero-order valence-electron chi connectivity index (χ0n) is 9.82. The summed E-state index contributed by atoms with van der Waals surface area (Å²) in [5, 5.41) is 4.11. The fraction of sp³-hybridized carbons (Fsp3) is 0.250. The number of nitrogens with zero attached hydrogens (tertiary/aromatic N) is 3. The fourth-order valence-corrected chi connectivity index (χ4v) is 1.96. The van der Waals surface area contributed by atoms with Crippen LogP contribution in [-0.2, 0) is 0 Å². The Kier molecular flexibility index (Phi) is 4.33. The summed E-state index contributed by atoms with van der Waals surface area (Å²) in [5.41, 5.74) is 1.20. The molecule has 0 bridgehead atoms. The van der Waals surface area contributed by atoms with Crippen LogP contribution in [0, 0.1) is 0 Å².